The summed E-state index contributed by atoms with van der Waals surface area (Å²) in [7, 11) is 0. The fourth-order valence-electron chi connectivity index (χ4n) is 2.45. The minimum atomic E-state index is 0.404. The van der Waals surface area contributed by atoms with Gasteiger partial charge in [-0.25, -0.2) is 0 Å². The highest BCUT2D eigenvalue weighted by atomic mass is 16.1. The minimum Gasteiger partial charge on any atom is -0.345 e. The number of hydrogen-bond donors (Lipinski definition) is 1. The van der Waals surface area contributed by atoms with Crippen molar-refractivity contribution in [1.29, 1.82) is 0 Å². The summed E-state index contributed by atoms with van der Waals surface area (Å²) in [5.41, 5.74) is 6.14. The van der Waals surface area contributed by atoms with Crippen molar-refractivity contribution in [3.8, 4) is 0 Å². The summed E-state index contributed by atoms with van der Waals surface area (Å²) in [5.74, 6) is 0. The largest absolute Gasteiger partial charge is 0.345 e. The van der Waals surface area contributed by atoms with Gasteiger partial charge in [-0.1, -0.05) is 0 Å². The Labute approximate surface area is 66.5 Å². The first-order valence-corrected chi connectivity index (χ1v) is 4.19. The highest BCUT2D eigenvalue weighted by molar-refractivity contribution is 5.48. The third-order valence-corrected chi connectivity index (χ3v) is 3.01. The Morgan fingerprint density at radius 1 is 1.55 bits per heavy atom. The molecule has 0 aromatic carbocycles. The number of nitrogens with two attached hydrogens (primary N) is 1. The summed E-state index contributed by atoms with van der Waals surface area (Å²) in [6.45, 7) is 1.89. The van der Waals surface area contributed by atoms with Gasteiger partial charge in [-0.15, -0.1) is 0 Å². The van der Waals surface area contributed by atoms with Crippen LogP contribution in [0.1, 0.15) is 19.3 Å². The number of likely N-dealkylation sites (tertiary alicyclic amines) is 1. The van der Waals surface area contributed by atoms with Crippen LogP contribution < -0.4 is 5.73 Å². The van der Waals surface area contributed by atoms with Gasteiger partial charge in [0.05, 0.1) is 0 Å². The third kappa shape index (κ3) is 1.03. The molecule has 11 heavy (non-hydrogen) atoms. The van der Waals surface area contributed by atoms with Gasteiger partial charge >= 0.3 is 0 Å². The molecule has 2 rings (SSSR count). The van der Waals surface area contributed by atoms with Crippen molar-refractivity contribution in [3.05, 3.63) is 0 Å². The average Bonchev–Trinajstić information content (AvgIpc) is 2.31. The van der Waals surface area contributed by atoms with E-state index in [1.807, 2.05) is 4.90 Å². The van der Waals surface area contributed by atoms with Crippen molar-refractivity contribution in [2.75, 3.05) is 13.1 Å². The lowest BCUT2D eigenvalue weighted by Gasteiger charge is -2.43. The maximum absolute atomic E-state index is 10.4. The molecule has 2 N–H and O–H groups in total. The standard InChI is InChI=1S/C8H14N2O/c9-7-3-8(4-7)1-2-10(5-8)6-11/h6-7H,1-5,9H2. The smallest absolute Gasteiger partial charge is 0.209 e. The SMILES string of the molecule is NC1CC2(CCN(C=O)C2)C1. The number of rotatable bonds is 1. The molecule has 0 aromatic rings. The van der Waals surface area contributed by atoms with E-state index in [4.69, 9.17) is 5.73 Å². The Kier molecular flexibility index (Phi) is 1.42. The van der Waals surface area contributed by atoms with Crippen molar-refractivity contribution in [1.82, 2.24) is 4.90 Å². The van der Waals surface area contributed by atoms with Gasteiger partial charge < -0.3 is 10.6 Å². The molecule has 1 amide bonds. The van der Waals surface area contributed by atoms with E-state index in [0.29, 0.717) is 11.5 Å². The molecule has 2 aliphatic rings. The van der Waals surface area contributed by atoms with E-state index in [9.17, 15) is 4.79 Å². The molecule has 0 bridgehead atoms. The first-order valence-electron chi connectivity index (χ1n) is 4.19. The van der Waals surface area contributed by atoms with Crippen LogP contribution in [0, 0.1) is 5.41 Å². The highest BCUT2D eigenvalue weighted by Gasteiger charge is 2.46. The Morgan fingerprint density at radius 3 is 2.73 bits per heavy atom. The van der Waals surface area contributed by atoms with Crippen molar-refractivity contribution in [3.63, 3.8) is 0 Å². The Balaban J connectivity index is 1.94. The van der Waals surface area contributed by atoms with Crippen LogP contribution in [-0.2, 0) is 4.79 Å². The molecule has 62 valence electrons. The van der Waals surface area contributed by atoms with Gasteiger partial charge in [0.2, 0.25) is 6.41 Å². The molecule has 3 nitrogen and oxygen atoms in total. The van der Waals surface area contributed by atoms with Gasteiger partial charge in [0.25, 0.3) is 0 Å². The summed E-state index contributed by atoms with van der Waals surface area (Å²) in [6.07, 6.45) is 4.37. The van der Waals surface area contributed by atoms with E-state index in [-0.39, 0.29) is 0 Å². The minimum absolute atomic E-state index is 0.404. The number of hydrogen-bond acceptors (Lipinski definition) is 2. The van der Waals surface area contributed by atoms with E-state index in [1.165, 1.54) is 6.42 Å². The summed E-state index contributed by atoms with van der Waals surface area (Å²) >= 11 is 0. The molecular weight excluding hydrogens is 140 g/mol. The van der Waals surface area contributed by atoms with Crippen LogP contribution in [0.5, 0.6) is 0 Å². The summed E-state index contributed by atoms with van der Waals surface area (Å²) in [6, 6.07) is 0.404. The van der Waals surface area contributed by atoms with E-state index >= 15 is 0 Å². The molecule has 1 saturated heterocycles. The highest BCUT2D eigenvalue weighted by Crippen LogP contribution is 2.46. The van der Waals surface area contributed by atoms with E-state index < -0.39 is 0 Å². The number of carbonyl (C=O) groups excluding carboxylic acids is 1. The van der Waals surface area contributed by atoms with Gasteiger partial charge in [0.15, 0.2) is 0 Å². The lowest BCUT2D eigenvalue weighted by Crippen LogP contribution is -2.47. The Hall–Kier alpha value is -0.570. The Bertz CT molecular complexity index is 175. The van der Waals surface area contributed by atoms with E-state index in [2.05, 4.69) is 0 Å². The van der Waals surface area contributed by atoms with Crippen molar-refractivity contribution >= 4 is 6.41 Å². The zero-order valence-electron chi connectivity index (χ0n) is 6.62. The predicted octanol–water partition coefficient (Wildman–Crippen LogP) is -0.0440. The molecular formula is C8H14N2O. The average molecular weight is 154 g/mol. The lowest BCUT2D eigenvalue weighted by atomic mass is 9.65. The van der Waals surface area contributed by atoms with Gasteiger partial charge in [0, 0.05) is 19.1 Å². The van der Waals surface area contributed by atoms with Gasteiger partial charge in [-0.2, -0.15) is 0 Å². The van der Waals surface area contributed by atoms with E-state index in [0.717, 1.165) is 32.3 Å². The Morgan fingerprint density at radius 2 is 2.27 bits per heavy atom. The first kappa shape index (κ1) is 7.10. The molecule has 0 radical (unpaired) electrons. The number of carbonyl (C=O) groups is 1. The molecule has 0 aromatic heterocycles. The second kappa shape index (κ2) is 2.21. The molecule has 3 heteroatoms. The maximum Gasteiger partial charge on any atom is 0.209 e. The lowest BCUT2D eigenvalue weighted by molar-refractivity contribution is -0.117. The number of nitrogens with zero attached hydrogens (tertiary/aromatic N) is 1. The first-order chi connectivity index (χ1) is 5.24. The third-order valence-electron chi connectivity index (χ3n) is 3.01. The van der Waals surface area contributed by atoms with Crippen LogP contribution >= 0.6 is 0 Å². The zero-order chi connectivity index (χ0) is 7.90. The zero-order valence-corrected chi connectivity index (χ0v) is 6.62. The topological polar surface area (TPSA) is 46.3 Å². The fraction of sp³-hybridized carbons (Fsp3) is 0.875. The van der Waals surface area contributed by atoms with Gasteiger partial charge in [-0.3, -0.25) is 4.79 Å². The molecule has 2 fully saturated rings. The maximum atomic E-state index is 10.4. The van der Waals surface area contributed by atoms with Crippen LogP contribution in [0.4, 0.5) is 0 Å². The number of amides is 1. The second-order valence-electron chi connectivity index (χ2n) is 3.99. The van der Waals surface area contributed by atoms with Crippen LogP contribution in [0.3, 0.4) is 0 Å². The molecule has 1 aliphatic heterocycles. The summed E-state index contributed by atoms with van der Waals surface area (Å²) in [4.78, 5) is 12.3. The molecule has 0 atom stereocenters. The monoisotopic (exact) mass is 154 g/mol. The van der Waals surface area contributed by atoms with Gasteiger partial charge in [-0.05, 0) is 24.7 Å². The van der Waals surface area contributed by atoms with Crippen LogP contribution in [0.2, 0.25) is 0 Å². The molecule has 1 saturated carbocycles. The van der Waals surface area contributed by atoms with Crippen LogP contribution in [0.25, 0.3) is 0 Å². The predicted molar refractivity (Wildman–Crippen MR) is 41.9 cm³/mol. The molecule has 1 aliphatic carbocycles. The van der Waals surface area contributed by atoms with Crippen LogP contribution in [0.15, 0.2) is 0 Å². The van der Waals surface area contributed by atoms with E-state index in [1.54, 1.807) is 0 Å². The fourth-order valence-corrected chi connectivity index (χ4v) is 2.45. The van der Waals surface area contributed by atoms with Crippen molar-refractivity contribution in [2.24, 2.45) is 11.1 Å². The molecule has 1 heterocycles. The second-order valence-corrected chi connectivity index (χ2v) is 3.99. The normalized spacial score (nSPS) is 42.6. The van der Waals surface area contributed by atoms with Crippen molar-refractivity contribution in [2.45, 2.75) is 25.3 Å². The van der Waals surface area contributed by atoms with Gasteiger partial charge in [0.1, 0.15) is 0 Å². The summed E-state index contributed by atoms with van der Waals surface area (Å²) in [5, 5.41) is 0. The van der Waals surface area contributed by atoms with Crippen molar-refractivity contribution < 1.29 is 4.79 Å². The quantitative estimate of drug-likeness (QED) is 0.538. The molecule has 0 unspecified atom stereocenters. The molecule has 1 spiro atoms. The van der Waals surface area contributed by atoms with Crippen LogP contribution in [-0.4, -0.2) is 30.4 Å². The summed E-state index contributed by atoms with van der Waals surface area (Å²) < 4.78 is 0.